The molecule has 0 saturated carbocycles. The number of rotatable bonds is 3. The number of halogens is 6. The zero-order valence-corrected chi connectivity index (χ0v) is 10.0. The molecule has 0 aromatic heterocycles. The maximum absolute atomic E-state index is 14.0. The van der Waals surface area contributed by atoms with Gasteiger partial charge in [0.1, 0.15) is 11.6 Å². The Labute approximate surface area is 111 Å². The van der Waals surface area contributed by atoms with Crippen molar-refractivity contribution in [2.45, 2.75) is 12.8 Å². The van der Waals surface area contributed by atoms with Crippen LogP contribution in [0.5, 0.6) is 0 Å². The summed E-state index contributed by atoms with van der Waals surface area (Å²) in [5.41, 5.74) is -0.765. The van der Waals surface area contributed by atoms with Gasteiger partial charge in [-0.25, -0.2) is 26.3 Å². The predicted molar refractivity (Wildman–Crippen MR) is 61.7 cm³/mol. The van der Waals surface area contributed by atoms with E-state index in [9.17, 15) is 26.3 Å². The highest BCUT2D eigenvalue weighted by molar-refractivity contribution is 5.86. The summed E-state index contributed by atoms with van der Waals surface area (Å²) >= 11 is 0. The molecule has 0 heterocycles. The van der Waals surface area contributed by atoms with Gasteiger partial charge in [0.2, 0.25) is 0 Å². The summed E-state index contributed by atoms with van der Waals surface area (Å²) in [6.45, 7) is 3.33. The molecule has 0 aliphatic heterocycles. The van der Waals surface area contributed by atoms with Crippen LogP contribution < -0.4 is 0 Å². The number of hydrogen-bond acceptors (Lipinski definition) is 0. The van der Waals surface area contributed by atoms with Crippen LogP contribution in [0.15, 0.2) is 6.07 Å². The molecule has 0 aliphatic rings. The molecule has 20 heavy (non-hydrogen) atoms. The Morgan fingerprint density at radius 2 is 1.45 bits per heavy atom. The van der Waals surface area contributed by atoms with Crippen LogP contribution >= 0.6 is 0 Å². The smallest absolute Gasteiger partial charge is 0.170 e. The highest BCUT2D eigenvalue weighted by atomic mass is 19.2. The fourth-order valence-corrected chi connectivity index (χ4v) is 1.97. The highest BCUT2D eigenvalue weighted by Gasteiger charge is 2.26. The van der Waals surface area contributed by atoms with Gasteiger partial charge in [-0.1, -0.05) is 0 Å². The lowest BCUT2D eigenvalue weighted by Crippen LogP contribution is -2.05. The maximum Gasteiger partial charge on any atom is 0.170 e. The average Bonchev–Trinajstić information content (AvgIpc) is 2.40. The largest absolute Gasteiger partial charge is 0.206 e. The second-order valence-corrected chi connectivity index (χ2v) is 4.15. The van der Waals surface area contributed by atoms with Gasteiger partial charge >= 0.3 is 0 Å². The lowest BCUT2D eigenvalue weighted by molar-refractivity contribution is 0.471. The van der Waals surface area contributed by atoms with Crippen LogP contribution in [0.25, 0.3) is 10.8 Å². The summed E-state index contributed by atoms with van der Waals surface area (Å²) < 4.78 is 81.6. The van der Waals surface area contributed by atoms with E-state index in [1.807, 2.05) is 0 Å². The first-order valence-corrected chi connectivity index (χ1v) is 5.63. The van der Waals surface area contributed by atoms with Crippen molar-refractivity contribution in [2.24, 2.45) is 0 Å². The van der Waals surface area contributed by atoms with Crippen LogP contribution in [0.2, 0.25) is 0 Å². The second kappa shape index (κ2) is 5.34. The SMILES string of the molecule is [CH2][CH]CCc1c(F)c(F)c2c(F)cc(F)c(F)c2c1F. The van der Waals surface area contributed by atoms with Crippen molar-refractivity contribution in [3.8, 4) is 0 Å². The Balaban J connectivity index is 2.90. The molecule has 106 valence electrons. The summed E-state index contributed by atoms with van der Waals surface area (Å²) in [5.74, 6) is -9.84. The molecule has 2 aromatic rings. The van der Waals surface area contributed by atoms with E-state index in [0.29, 0.717) is 0 Å². The fraction of sp³-hybridized carbons (Fsp3) is 0.143. The summed E-state index contributed by atoms with van der Waals surface area (Å²) in [4.78, 5) is 0. The molecule has 6 heteroatoms. The van der Waals surface area contributed by atoms with E-state index in [1.165, 1.54) is 6.42 Å². The lowest BCUT2D eigenvalue weighted by Gasteiger charge is -2.11. The van der Waals surface area contributed by atoms with E-state index in [0.717, 1.165) is 0 Å². The third kappa shape index (κ3) is 2.13. The minimum absolute atomic E-state index is 0.0447. The van der Waals surface area contributed by atoms with Gasteiger partial charge in [0, 0.05) is 11.6 Å². The first-order chi connectivity index (χ1) is 9.40. The lowest BCUT2D eigenvalue weighted by atomic mass is 9.99. The normalized spacial score (nSPS) is 11.3. The van der Waals surface area contributed by atoms with Crippen LogP contribution in [0.3, 0.4) is 0 Å². The summed E-state index contributed by atoms with van der Waals surface area (Å²) in [5, 5.41) is -2.46. The Kier molecular flexibility index (Phi) is 3.92. The molecule has 2 aromatic carbocycles. The number of benzene rings is 2. The van der Waals surface area contributed by atoms with Gasteiger partial charge in [-0.3, -0.25) is 0 Å². The summed E-state index contributed by atoms with van der Waals surface area (Å²) in [6, 6.07) is 0.0447. The van der Waals surface area contributed by atoms with Crippen molar-refractivity contribution in [2.75, 3.05) is 0 Å². The van der Waals surface area contributed by atoms with Crippen LogP contribution in [-0.4, -0.2) is 0 Å². The van der Waals surface area contributed by atoms with Crippen molar-refractivity contribution in [1.29, 1.82) is 0 Å². The molecular weight excluding hydrogens is 282 g/mol. The van der Waals surface area contributed by atoms with Crippen molar-refractivity contribution < 1.29 is 26.3 Å². The van der Waals surface area contributed by atoms with E-state index in [-0.39, 0.29) is 18.9 Å². The van der Waals surface area contributed by atoms with E-state index >= 15 is 0 Å². The molecule has 0 nitrogen and oxygen atoms in total. The Morgan fingerprint density at radius 1 is 0.800 bits per heavy atom. The molecule has 2 rings (SSSR count). The van der Waals surface area contributed by atoms with Crippen LogP contribution in [0, 0.1) is 48.2 Å². The molecular formula is C14H8F6. The minimum Gasteiger partial charge on any atom is -0.206 e. The molecule has 0 atom stereocenters. The topological polar surface area (TPSA) is 0 Å². The van der Waals surface area contributed by atoms with Gasteiger partial charge in [0.25, 0.3) is 0 Å². The maximum atomic E-state index is 14.0. The Hall–Kier alpha value is -1.72. The van der Waals surface area contributed by atoms with Crippen LogP contribution in [-0.2, 0) is 6.42 Å². The van der Waals surface area contributed by atoms with Crippen LogP contribution in [0.1, 0.15) is 12.0 Å². The van der Waals surface area contributed by atoms with E-state index in [4.69, 9.17) is 0 Å². The number of hydrogen-bond donors (Lipinski definition) is 0. The standard InChI is InChI=1S/C14H8F6/c1-2-3-4-6-11(17)10-9(14(20)12(6)18)7(15)5-8(16)13(10)19/h2,5H,1,3-4H2. The third-order valence-corrected chi connectivity index (χ3v) is 2.93. The van der Waals surface area contributed by atoms with E-state index in [1.54, 1.807) is 0 Å². The monoisotopic (exact) mass is 290 g/mol. The van der Waals surface area contributed by atoms with Gasteiger partial charge in [-0.05, 0) is 26.2 Å². The minimum atomic E-state index is -1.75. The van der Waals surface area contributed by atoms with Crippen molar-refractivity contribution >= 4 is 10.8 Å². The Bertz CT molecular complexity index is 678. The van der Waals surface area contributed by atoms with Gasteiger partial charge in [0.15, 0.2) is 23.3 Å². The van der Waals surface area contributed by atoms with Crippen molar-refractivity contribution in [3.05, 3.63) is 59.9 Å². The van der Waals surface area contributed by atoms with E-state index in [2.05, 4.69) is 6.92 Å². The highest BCUT2D eigenvalue weighted by Crippen LogP contribution is 2.33. The number of fused-ring (bicyclic) bond motifs is 1. The van der Waals surface area contributed by atoms with Crippen molar-refractivity contribution in [1.82, 2.24) is 0 Å². The van der Waals surface area contributed by atoms with E-state index < -0.39 is 51.2 Å². The molecule has 0 bridgehead atoms. The van der Waals surface area contributed by atoms with Gasteiger partial charge < -0.3 is 0 Å². The second-order valence-electron chi connectivity index (χ2n) is 4.15. The molecule has 0 saturated heterocycles. The molecule has 2 radical (unpaired) electrons. The first kappa shape index (κ1) is 14.7. The summed E-state index contributed by atoms with van der Waals surface area (Å²) in [6.07, 6.45) is 1.12. The van der Waals surface area contributed by atoms with Gasteiger partial charge in [-0.2, -0.15) is 0 Å². The average molecular weight is 290 g/mol. The van der Waals surface area contributed by atoms with Gasteiger partial charge in [0.05, 0.1) is 10.8 Å². The molecule has 0 unspecified atom stereocenters. The molecule has 0 spiro atoms. The van der Waals surface area contributed by atoms with Crippen LogP contribution in [0.4, 0.5) is 26.3 Å². The molecule has 0 fully saturated rings. The summed E-state index contributed by atoms with van der Waals surface area (Å²) in [7, 11) is 0. The third-order valence-electron chi connectivity index (χ3n) is 2.93. The molecule has 0 N–H and O–H groups in total. The fourth-order valence-electron chi connectivity index (χ4n) is 1.97. The van der Waals surface area contributed by atoms with Gasteiger partial charge in [-0.15, -0.1) is 0 Å². The molecule has 0 aliphatic carbocycles. The zero-order valence-electron chi connectivity index (χ0n) is 10.0. The predicted octanol–water partition coefficient (Wildman–Crippen LogP) is 4.65. The first-order valence-electron chi connectivity index (χ1n) is 5.63. The quantitative estimate of drug-likeness (QED) is 0.570. The zero-order chi connectivity index (χ0) is 15.0. The molecule has 0 amide bonds. The number of unbranched alkanes of at least 4 members (excludes halogenated alkanes) is 1. The van der Waals surface area contributed by atoms with Crippen molar-refractivity contribution in [3.63, 3.8) is 0 Å². The Morgan fingerprint density at radius 3 is 2.05 bits per heavy atom.